The van der Waals surface area contributed by atoms with E-state index in [0.717, 1.165) is 6.42 Å². The highest BCUT2D eigenvalue weighted by Crippen LogP contribution is 2.23. The van der Waals surface area contributed by atoms with Crippen molar-refractivity contribution < 1.29 is 22.7 Å². The van der Waals surface area contributed by atoms with E-state index in [-0.39, 0.29) is 6.42 Å². The monoisotopic (exact) mass is 258 g/mol. The molecule has 0 fully saturated rings. The summed E-state index contributed by atoms with van der Waals surface area (Å²) in [4.78, 5) is 0. The summed E-state index contributed by atoms with van der Waals surface area (Å²) in [6.07, 6.45) is -3.45. The van der Waals surface area contributed by atoms with Crippen LogP contribution in [0.4, 0.5) is 17.6 Å². The molecule has 2 unspecified atom stereocenters. The second kappa shape index (κ2) is 8.72. The zero-order valence-corrected chi connectivity index (χ0v) is 10.3. The Bertz CT molecular complexity index is 182. The van der Waals surface area contributed by atoms with Crippen molar-refractivity contribution in [1.29, 1.82) is 0 Å². The third-order valence-electron chi connectivity index (χ3n) is 2.78. The van der Waals surface area contributed by atoms with E-state index in [1.165, 1.54) is 0 Å². The lowest BCUT2D eigenvalue weighted by Gasteiger charge is -2.13. The van der Waals surface area contributed by atoms with Crippen LogP contribution >= 0.6 is 0 Å². The van der Waals surface area contributed by atoms with Crippen molar-refractivity contribution in [2.45, 2.75) is 76.7 Å². The first-order chi connectivity index (χ1) is 7.87. The molecule has 2 atom stereocenters. The van der Waals surface area contributed by atoms with Gasteiger partial charge in [-0.2, -0.15) is 13.2 Å². The summed E-state index contributed by atoms with van der Waals surface area (Å²) in [6.45, 7) is 1.72. The van der Waals surface area contributed by atoms with Crippen LogP contribution in [0.2, 0.25) is 0 Å². The molecule has 0 bridgehead atoms. The Hall–Kier alpha value is -0.320. The highest BCUT2D eigenvalue weighted by molar-refractivity contribution is 4.65. The second-order valence-corrected chi connectivity index (χ2v) is 4.41. The molecule has 0 aromatic heterocycles. The van der Waals surface area contributed by atoms with Crippen LogP contribution < -0.4 is 0 Å². The highest BCUT2D eigenvalue weighted by Gasteiger charge is 2.25. The molecule has 0 rings (SSSR count). The van der Waals surface area contributed by atoms with Crippen molar-refractivity contribution in [2.24, 2.45) is 0 Å². The number of alkyl halides is 4. The molecule has 0 aromatic rings. The second-order valence-electron chi connectivity index (χ2n) is 4.41. The van der Waals surface area contributed by atoms with E-state index in [0.29, 0.717) is 32.1 Å². The van der Waals surface area contributed by atoms with E-state index in [1.807, 2.05) is 0 Å². The Labute approximate surface area is 100 Å². The molecule has 0 aliphatic carbocycles. The maximum atomic E-state index is 13.1. The van der Waals surface area contributed by atoms with Crippen LogP contribution in [-0.2, 0) is 0 Å². The number of halogens is 4. The largest absolute Gasteiger partial charge is 0.390 e. The quantitative estimate of drug-likeness (QED) is 0.480. The van der Waals surface area contributed by atoms with Crippen LogP contribution in [-0.4, -0.2) is 23.6 Å². The molecule has 0 aliphatic rings. The normalized spacial score (nSPS) is 15.9. The van der Waals surface area contributed by atoms with Gasteiger partial charge in [0.2, 0.25) is 0 Å². The molecule has 0 saturated carbocycles. The Morgan fingerprint density at radius 1 is 1.00 bits per heavy atom. The molecule has 0 aliphatic heterocycles. The predicted octanol–water partition coefficient (Wildman–Crippen LogP) is 4.39. The van der Waals surface area contributed by atoms with Crippen molar-refractivity contribution in [1.82, 2.24) is 0 Å². The van der Waals surface area contributed by atoms with Crippen LogP contribution in [0.1, 0.15) is 58.3 Å². The average molecular weight is 258 g/mol. The van der Waals surface area contributed by atoms with Gasteiger partial charge in [0.25, 0.3) is 0 Å². The number of aliphatic hydroxyl groups is 1. The number of rotatable bonds is 9. The lowest BCUT2D eigenvalue weighted by molar-refractivity contribution is -0.135. The third-order valence-corrected chi connectivity index (χ3v) is 2.78. The molecule has 0 amide bonds. The van der Waals surface area contributed by atoms with E-state index in [1.54, 1.807) is 6.92 Å². The van der Waals surface area contributed by atoms with Crippen LogP contribution in [0.25, 0.3) is 0 Å². The van der Waals surface area contributed by atoms with Gasteiger partial charge in [0, 0.05) is 6.42 Å². The van der Waals surface area contributed by atoms with E-state index in [9.17, 15) is 17.6 Å². The number of hydrogen-bond donors (Lipinski definition) is 1. The number of unbranched alkanes of at least 4 members (excludes halogenated alkanes) is 4. The van der Waals surface area contributed by atoms with Crippen LogP contribution in [0.15, 0.2) is 0 Å². The van der Waals surface area contributed by atoms with E-state index in [4.69, 9.17) is 5.11 Å². The zero-order valence-electron chi connectivity index (χ0n) is 10.3. The molecule has 0 radical (unpaired) electrons. The molecule has 0 saturated heterocycles. The minimum atomic E-state index is -4.06. The Balaban J connectivity index is 3.30. The van der Waals surface area contributed by atoms with Crippen molar-refractivity contribution in [3.8, 4) is 0 Å². The third kappa shape index (κ3) is 10.5. The summed E-state index contributed by atoms with van der Waals surface area (Å²) in [6, 6.07) is 0. The van der Waals surface area contributed by atoms with Gasteiger partial charge in [-0.3, -0.25) is 0 Å². The SMILES string of the molecule is CCC(O)C(F)CCCCCCCC(F)(F)F. The molecule has 0 aromatic carbocycles. The summed E-state index contributed by atoms with van der Waals surface area (Å²) in [5.41, 5.74) is 0. The molecule has 104 valence electrons. The maximum absolute atomic E-state index is 13.1. The predicted molar refractivity (Wildman–Crippen MR) is 59.6 cm³/mol. The van der Waals surface area contributed by atoms with E-state index in [2.05, 4.69) is 0 Å². The van der Waals surface area contributed by atoms with Gasteiger partial charge >= 0.3 is 6.18 Å². The van der Waals surface area contributed by atoms with Crippen molar-refractivity contribution >= 4 is 0 Å². The van der Waals surface area contributed by atoms with Crippen molar-refractivity contribution in [3.63, 3.8) is 0 Å². The molecule has 5 heteroatoms. The van der Waals surface area contributed by atoms with Gasteiger partial charge in [-0.15, -0.1) is 0 Å². The highest BCUT2D eigenvalue weighted by atomic mass is 19.4. The Morgan fingerprint density at radius 2 is 1.53 bits per heavy atom. The topological polar surface area (TPSA) is 20.2 Å². The van der Waals surface area contributed by atoms with Gasteiger partial charge in [0.15, 0.2) is 0 Å². The lowest BCUT2D eigenvalue weighted by Crippen LogP contribution is -2.20. The first-order valence-corrected chi connectivity index (χ1v) is 6.25. The first kappa shape index (κ1) is 16.7. The lowest BCUT2D eigenvalue weighted by atomic mass is 10.0. The van der Waals surface area contributed by atoms with Crippen molar-refractivity contribution in [3.05, 3.63) is 0 Å². The summed E-state index contributed by atoms with van der Waals surface area (Å²) in [5, 5.41) is 9.16. The molecule has 1 N–H and O–H groups in total. The minimum absolute atomic E-state index is 0.153. The van der Waals surface area contributed by atoms with Gasteiger partial charge in [0.1, 0.15) is 6.17 Å². The fourth-order valence-electron chi connectivity index (χ4n) is 1.64. The smallest absolute Gasteiger partial charge is 0.389 e. The summed E-state index contributed by atoms with van der Waals surface area (Å²) in [7, 11) is 0. The Kier molecular flexibility index (Phi) is 8.56. The Morgan fingerprint density at radius 3 is 2.06 bits per heavy atom. The van der Waals surface area contributed by atoms with Gasteiger partial charge < -0.3 is 5.11 Å². The molecule has 1 nitrogen and oxygen atoms in total. The molecule has 0 spiro atoms. The van der Waals surface area contributed by atoms with Gasteiger partial charge in [-0.1, -0.05) is 32.6 Å². The molecular formula is C12H22F4O. The first-order valence-electron chi connectivity index (χ1n) is 6.25. The van der Waals surface area contributed by atoms with Crippen LogP contribution in [0.3, 0.4) is 0 Å². The van der Waals surface area contributed by atoms with Crippen LogP contribution in [0, 0.1) is 0 Å². The average Bonchev–Trinajstić information content (AvgIpc) is 2.24. The zero-order chi connectivity index (χ0) is 13.3. The fourth-order valence-corrected chi connectivity index (χ4v) is 1.64. The minimum Gasteiger partial charge on any atom is -0.390 e. The summed E-state index contributed by atoms with van der Waals surface area (Å²) >= 11 is 0. The van der Waals surface area contributed by atoms with Gasteiger partial charge in [-0.05, 0) is 19.3 Å². The van der Waals surface area contributed by atoms with E-state index < -0.39 is 24.9 Å². The van der Waals surface area contributed by atoms with Gasteiger partial charge in [0.05, 0.1) is 6.10 Å². The number of aliphatic hydroxyl groups excluding tert-OH is 1. The summed E-state index contributed by atoms with van der Waals surface area (Å²) < 4.78 is 48.5. The standard InChI is InChI=1S/C12H22F4O/c1-2-11(17)10(13)8-6-4-3-5-7-9-12(14,15)16/h10-11,17H,2-9H2,1H3. The van der Waals surface area contributed by atoms with E-state index >= 15 is 0 Å². The molecular weight excluding hydrogens is 236 g/mol. The molecule has 17 heavy (non-hydrogen) atoms. The summed E-state index contributed by atoms with van der Waals surface area (Å²) in [5.74, 6) is 0. The van der Waals surface area contributed by atoms with Crippen molar-refractivity contribution in [2.75, 3.05) is 0 Å². The maximum Gasteiger partial charge on any atom is 0.389 e. The van der Waals surface area contributed by atoms with Crippen LogP contribution in [0.5, 0.6) is 0 Å². The fraction of sp³-hybridized carbons (Fsp3) is 1.00. The molecule has 0 heterocycles. The number of hydrogen-bond acceptors (Lipinski definition) is 1. The van der Waals surface area contributed by atoms with Gasteiger partial charge in [-0.25, -0.2) is 4.39 Å².